The summed E-state index contributed by atoms with van der Waals surface area (Å²) in [5.41, 5.74) is 9.94. The Kier molecular flexibility index (Phi) is 4.39. The minimum Gasteiger partial charge on any atom is -0.324 e. The molecule has 18 heavy (non-hydrogen) atoms. The van der Waals surface area contributed by atoms with E-state index in [0.717, 1.165) is 17.3 Å². The van der Waals surface area contributed by atoms with Crippen LogP contribution in [0.25, 0.3) is 0 Å². The van der Waals surface area contributed by atoms with Gasteiger partial charge in [-0.15, -0.1) is 0 Å². The molecule has 0 aromatic carbocycles. The van der Waals surface area contributed by atoms with Crippen LogP contribution in [0.3, 0.4) is 0 Å². The van der Waals surface area contributed by atoms with E-state index < -0.39 is 0 Å². The van der Waals surface area contributed by atoms with Crippen molar-refractivity contribution >= 4 is 0 Å². The van der Waals surface area contributed by atoms with Gasteiger partial charge < -0.3 is 5.73 Å². The number of rotatable bonds is 3. The van der Waals surface area contributed by atoms with E-state index in [4.69, 9.17) is 5.73 Å². The van der Waals surface area contributed by atoms with Gasteiger partial charge in [0.2, 0.25) is 0 Å². The van der Waals surface area contributed by atoms with Crippen LogP contribution < -0.4 is 5.73 Å². The number of pyridine rings is 1. The topological polar surface area (TPSA) is 38.9 Å². The van der Waals surface area contributed by atoms with E-state index in [-0.39, 0.29) is 6.04 Å². The van der Waals surface area contributed by atoms with Crippen molar-refractivity contribution < 1.29 is 0 Å². The molecule has 100 valence electrons. The Labute approximate surface area is 111 Å². The van der Waals surface area contributed by atoms with Gasteiger partial charge in [-0.3, -0.25) is 4.98 Å². The van der Waals surface area contributed by atoms with Gasteiger partial charge in [0.25, 0.3) is 0 Å². The van der Waals surface area contributed by atoms with Crippen LogP contribution in [-0.2, 0) is 0 Å². The molecule has 3 unspecified atom stereocenters. The highest BCUT2D eigenvalue weighted by atomic mass is 14.7. The summed E-state index contributed by atoms with van der Waals surface area (Å²) in [6.07, 6.45) is 6.62. The molecule has 0 radical (unpaired) electrons. The molecule has 0 saturated heterocycles. The van der Waals surface area contributed by atoms with Crippen molar-refractivity contribution in [1.29, 1.82) is 0 Å². The molecule has 2 rings (SSSR count). The quantitative estimate of drug-likeness (QED) is 0.878. The van der Waals surface area contributed by atoms with E-state index in [1.54, 1.807) is 0 Å². The van der Waals surface area contributed by atoms with E-state index in [9.17, 15) is 0 Å². The number of hydrogen-bond acceptors (Lipinski definition) is 2. The van der Waals surface area contributed by atoms with Crippen LogP contribution in [0.5, 0.6) is 0 Å². The van der Waals surface area contributed by atoms with Crippen LogP contribution in [0.4, 0.5) is 0 Å². The van der Waals surface area contributed by atoms with Crippen LogP contribution in [0.1, 0.15) is 62.0 Å². The molecule has 0 amide bonds. The summed E-state index contributed by atoms with van der Waals surface area (Å²) in [6.45, 7) is 6.43. The van der Waals surface area contributed by atoms with Crippen molar-refractivity contribution in [1.82, 2.24) is 4.98 Å². The van der Waals surface area contributed by atoms with Crippen LogP contribution in [-0.4, -0.2) is 4.98 Å². The van der Waals surface area contributed by atoms with E-state index in [0.29, 0.717) is 5.92 Å². The second kappa shape index (κ2) is 5.83. The number of aromatic nitrogens is 1. The van der Waals surface area contributed by atoms with Crippen molar-refractivity contribution in [3.63, 3.8) is 0 Å². The minimum atomic E-state index is 0.174. The third kappa shape index (κ3) is 2.92. The maximum absolute atomic E-state index is 6.50. The lowest BCUT2D eigenvalue weighted by Crippen LogP contribution is -2.27. The Hall–Kier alpha value is -0.890. The monoisotopic (exact) mass is 246 g/mol. The predicted octanol–water partition coefficient (Wildman–Crippen LogP) is 3.91. The van der Waals surface area contributed by atoms with Gasteiger partial charge in [-0.05, 0) is 50.2 Å². The fourth-order valence-electron chi connectivity index (χ4n) is 3.33. The maximum atomic E-state index is 6.50. The first-order chi connectivity index (χ1) is 8.61. The first kappa shape index (κ1) is 13.5. The molecular formula is C16H26N2. The van der Waals surface area contributed by atoms with Crippen LogP contribution in [0, 0.1) is 25.7 Å². The van der Waals surface area contributed by atoms with Gasteiger partial charge >= 0.3 is 0 Å². The standard InChI is InChI=1S/C16H26N2/c1-4-13-6-5-7-14(10-13)16(17)15-9-8-11(2)18-12(15)3/h8-9,13-14,16H,4-7,10,17H2,1-3H3. The molecule has 1 aliphatic rings. The van der Waals surface area contributed by atoms with Gasteiger partial charge in [-0.2, -0.15) is 0 Å². The van der Waals surface area contributed by atoms with E-state index >= 15 is 0 Å². The lowest BCUT2D eigenvalue weighted by molar-refractivity contribution is 0.230. The second-order valence-corrected chi connectivity index (χ2v) is 5.85. The average molecular weight is 246 g/mol. The van der Waals surface area contributed by atoms with Gasteiger partial charge in [0.15, 0.2) is 0 Å². The zero-order chi connectivity index (χ0) is 13.1. The Balaban J connectivity index is 2.12. The van der Waals surface area contributed by atoms with Crippen molar-refractivity contribution in [2.24, 2.45) is 17.6 Å². The molecule has 2 nitrogen and oxygen atoms in total. The van der Waals surface area contributed by atoms with Gasteiger partial charge in [0.1, 0.15) is 0 Å². The third-order valence-corrected chi connectivity index (χ3v) is 4.53. The molecule has 1 fully saturated rings. The Morgan fingerprint density at radius 1 is 1.33 bits per heavy atom. The summed E-state index contributed by atoms with van der Waals surface area (Å²) >= 11 is 0. The summed E-state index contributed by atoms with van der Waals surface area (Å²) in [5, 5.41) is 0. The second-order valence-electron chi connectivity index (χ2n) is 5.85. The zero-order valence-corrected chi connectivity index (χ0v) is 11.9. The Morgan fingerprint density at radius 2 is 2.11 bits per heavy atom. The molecule has 3 atom stereocenters. The fraction of sp³-hybridized carbons (Fsp3) is 0.688. The Morgan fingerprint density at radius 3 is 2.78 bits per heavy atom. The van der Waals surface area contributed by atoms with Gasteiger partial charge in [0, 0.05) is 17.4 Å². The fourth-order valence-corrected chi connectivity index (χ4v) is 3.33. The van der Waals surface area contributed by atoms with Gasteiger partial charge in [-0.25, -0.2) is 0 Å². The minimum absolute atomic E-state index is 0.174. The first-order valence-electron chi connectivity index (χ1n) is 7.31. The summed E-state index contributed by atoms with van der Waals surface area (Å²) in [5.74, 6) is 1.53. The molecule has 0 aliphatic heterocycles. The van der Waals surface area contributed by atoms with Crippen molar-refractivity contribution in [2.75, 3.05) is 0 Å². The molecule has 2 heteroatoms. The molecule has 1 aliphatic carbocycles. The van der Waals surface area contributed by atoms with Crippen LogP contribution in [0.15, 0.2) is 12.1 Å². The van der Waals surface area contributed by atoms with Crippen LogP contribution in [0.2, 0.25) is 0 Å². The van der Waals surface area contributed by atoms with Gasteiger partial charge in [0.05, 0.1) is 0 Å². The van der Waals surface area contributed by atoms with E-state index in [1.807, 2.05) is 6.92 Å². The summed E-state index contributed by atoms with van der Waals surface area (Å²) in [6, 6.07) is 4.44. The normalized spacial score (nSPS) is 26.0. The SMILES string of the molecule is CCC1CCCC(C(N)c2ccc(C)nc2C)C1. The van der Waals surface area contributed by atoms with Crippen molar-refractivity contribution in [3.8, 4) is 0 Å². The number of aryl methyl sites for hydroxylation is 2. The van der Waals surface area contributed by atoms with Crippen LogP contribution >= 0.6 is 0 Å². The highest BCUT2D eigenvalue weighted by Crippen LogP contribution is 2.37. The summed E-state index contributed by atoms with van der Waals surface area (Å²) < 4.78 is 0. The summed E-state index contributed by atoms with van der Waals surface area (Å²) in [4.78, 5) is 4.55. The third-order valence-electron chi connectivity index (χ3n) is 4.53. The number of nitrogens with zero attached hydrogens (tertiary/aromatic N) is 1. The highest BCUT2D eigenvalue weighted by Gasteiger charge is 2.27. The molecule has 2 N–H and O–H groups in total. The highest BCUT2D eigenvalue weighted by molar-refractivity contribution is 5.25. The molecule has 1 aromatic heterocycles. The maximum Gasteiger partial charge on any atom is 0.0423 e. The molecule has 0 spiro atoms. The van der Waals surface area contributed by atoms with Crippen molar-refractivity contribution in [3.05, 3.63) is 29.1 Å². The van der Waals surface area contributed by atoms with Crippen molar-refractivity contribution in [2.45, 2.75) is 58.9 Å². The number of nitrogens with two attached hydrogens (primary N) is 1. The lowest BCUT2D eigenvalue weighted by atomic mass is 9.75. The zero-order valence-electron chi connectivity index (χ0n) is 11.9. The summed E-state index contributed by atoms with van der Waals surface area (Å²) in [7, 11) is 0. The molecular weight excluding hydrogens is 220 g/mol. The van der Waals surface area contributed by atoms with E-state index in [2.05, 4.69) is 31.0 Å². The predicted molar refractivity (Wildman–Crippen MR) is 76.4 cm³/mol. The first-order valence-corrected chi connectivity index (χ1v) is 7.31. The number of hydrogen-bond donors (Lipinski definition) is 1. The smallest absolute Gasteiger partial charge is 0.0423 e. The molecule has 0 bridgehead atoms. The molecule has 1 aromatic rings. The molecule has 1 saturated carbocycles. The van der Waals surface area contributed by atoms with E-state index in [1.165, 1.54) is 37.7 Å². The Bertz CT molecular complexity index is 400. The molecule has 1 heterocycles. The lowest BCUT2D eigenvalue weighted by Gasteiger charge is -2.33. The van der Waals surface area contributed by atoms with Gasteiger partial charge in [-0.1, -0.05) is 32.3 Å². The average Bonchev–Trinajstić information content (AvgIpc) is 2.38. The largest absolute Gasteiger partial charge is 0.324 e.